The third kappa shape index (κ3) is 4.51. The number of hydrogen-bond donors (Lipinski definition) is 1. The molecule has 2 aliphatic rings. The van der Waals surface area contributed by atoms with Crippen molar-refractivity contribution in [2.24, 2.45) is 0 Å². The number of methoxy groups -OCH3 is 1. The Labute approximate surface area is 173 Å². The van der Waals surface area contributed by atoms with E-state index in [9.17, 15) is 13.6 Å². The minimum absolute atomic E-state index is 0.00128. The Balaban J connectivity index is 1.39. The Morgan fingerprint density at radius 2 is 1.93 bits per heavy atom. The molecule has 2 heterocycles. The number of hydrogen-bond acceptors (Lipinski definition) is 5. The molecule has 0 bridgehead atoms. The first-order chi connectivity index (χ1) is 14.5. The van der Waals surface area contributed by atoms with Gasteiger partial charge in [0.25, 0.3) is 0 Å². The van der Waals surface area contributed by atoms with Gasteiger partial charge in [-0.15, -0.1) is 0 Å². The van der Waals surface area contributed by atoms with E-state index in [1.807, 2.05) is 0 Å². The molecule has 9 heteroatoms. The predicted octanol–water partition coefficient (Wildman–Crippen LogP) is 3.68. The summed E-state index contributed by atoms with van der Waals surface area (Å²) in [6, 6.07) is 3.36. The molecule has 2 atom stereocenters. The molecule has 2 amide bonds. The Hall–Kier alpha value is -2.81. The molecule has 0 spiro atoms. The molecule has 7 nitrogen and oxygen atoms in total. The minimum atomic E-state index is -0.516. The Morgan fingerprint density at radius 1 is 1.17 bits per heavy atom. The van der Waals surface area contributed by atoms with Crippen LogP contribution in [0, 0.1) is 11.6 Å². The van der Waals surface area contributed by atoms with Crippen LogP contribution in [0.1, 0.15) is 36.8 Å². The van der Waals surface area contributed by atoms with Gasteiger partial charge in [-0.3, -0.25) is 5.32 Å². The lowest BCUT2D eigenvalue weighted by molar-refractivity contribution is 0.0195. The molecule has 1 aromatic carbocycles. The molecule has 1 saturated carbocycles. The van der Waals surface area contributed by atoms with Gasteiger partial charge in [-0.25, -0.2) is 18.6 Å². The lowest BCUT2D eigenvalue weighted by atomic mass is 9.95. The number of anilines is 1. The topological polar surface area (TPSA) is 76.6 Å². The molecule has 1 N–H and O–H groups in total. The second-order valence-corrected chi connectivity index (χ2v) is 7.57. The summed E-state index contributed by atoms with van der Waals surface area (Å²) in [5.41, 5.74) is 0.534. The standard InChI is InChI=1S/C21H24F2N4O3/c1-29-13-3-2-4-14(11-13)30-19-7-9-24-20(25-19)26-21(28)27-10-8-15-16(12-27)18(23)6-5-17(15)22/h5-7,9,13-14H,2-4,8,10-12H2,1H3,(H,24,25,26,28). The van der Waals surface area contributed by atoms with E-state index in [0.29, 0.717) is 11.4 Å². The summed E-state index contributed by atoms with van der Waals surface area (Å²) >= 11 is 0. The van der Waals surface area contributed by atoms with Crippen LogP contribution in [-0.2, 0) is 17.7 Å². The molecule has 2 unspecified atom stereocenters. The van der Waals surface area contributed by atoms with Gasteiger partial charge in [-0.2, -0.15) is 4.98 Å². The number of carbonyl (C=O) groups excluding carboxylic acids is 1. The van der Waals surface area contributed by atoms with Gasteiger partial charge in [0.15, 0.2) is 0 Å². The highest BCUT2D eigenvalue weighted by Crippen LogP contribution is 2.26. The van der Waals surface area contributed by atoms with Gasteiger partial charge in [0.2, 0.25) is 11.8 Å². The summed E-state index contributed by atoms with van der Waals surface area (Å²) in [6.45, 7) is 0.261. The summed E-state index contributed by atoms with van der Waals surface area (Å²) in [7, 11) is 1.70. The maximum Gasteiger partial charge on any atom is 0.324 e. The highest BCUT2D eigenvalue weighted by atomic mass is 19.1. The number of benzene rings is 1. The van der Waals surface area contributed by atoms with E-state index in [1.54, 1.807) is 13.2 Å². The van der Waals surface area contributed by atoms with E-state index in [1.165, 1.54) is 11.1 Å². The molecule has 0 saturated heterocycles. The van der Waals surface area contributed by atoms with E-state index in [0.717, 1.165) is 37.8 Å². The zero-order valence-corrected chi connectivity index (χ0v) is 16.7. The first kappa shape index (κ1) is 20.5. The van der Waals surface area contributed by atoms with E-state index in [-0.39, 0.29) is 43.2 Å². The fraction of sp³-hybridized carbons (Fsp3) is 0.476. The highest BCUT2D eigenvalue weighted by molar-refractivity contribution is 5.87. The van der Waals surface area contributed by atoms with Crippen molar-refractivity contribution >= 4 is 12.0 Å². The van der Waals surface area contributed by atoms with Crippen LogP contribution in [0.15, 0.2) is 24.4 Å². The number of nitrogens with one attached hydrogen (secondary N) is 1. The van der Waals surface area contributed by atoms with Crippen molar-refractivity contribution in [3.05, 3.63) is 47.2 Å². The third-order valence-electron chi connectivity index (χ3n) is 5.63. The molecule has 4 rings (SSSR count). The summed E-state index contributed by atoms with van der Waals surface area (Å²) in [6.07, 6.45) is 5.68. The first-order valence-electron chi connectivity index (χ1n) is 10.1. The number of urea groups is 1. The predicted molar refractivity (Wildman–Crippen MR) is 105 cm³/mol. The summed E-state index contributed by atoms with van der Waals surface area (Å²) in [5, 5.41) is 2.62. The second kappa shape index (κ2) is 8.91. The van der Waals surface area contributed by atoms with Crippen molar-refractivity contribution in [3.63, 3.8) is 0 Å². The number of ether oxygens (including phenoxy) is 2. The SMILES string of the molecule is COC1CCCC(Oc2ccnc(NC(=O)N3CCc4c(F)ccc(F)c4C3)n2)C1. The largest absolute Gasteiger partial charge is 0.474 e. The lowest BCUT2D eigenvalue weighted by Crippen LogP contribution is -2.40. The molecular formula is C21H24F2N4O3. The monoisotopic (exact) mass is 418 g/mol. The quantitative estimate of drug-likeness (QED) is 0.820. The van der Waals surface area contributed by atoms with Gasteiger partial charge in [-0.05, 0) is 43.4 Å². The van der Waals surface area contributed by atoms with Gasteiger partial charge >= 0.3 is 6.03 Å². The van der Waals surface area contributed by atoms with Crippen molar-refractivity contribution in [2.75, 3.05) is 19.0 Å². The number of nitrogens with zero attached hydrogens (tertiary/aromatic N) is 3. The maximum absolute atomic E-state index is 14.1. The Bertz CT molecular complexity index is 927. The molecule has 0 radical (unpaired) electrons. The number of aromatic nitrogens is 2. The first-order valence-corrected chi connectivity index (χ1v) is 10.1. The molecule has 160 valence electrons. The number of fused-ring (bicyclic) bond motifs is 1. The van der Waals surface area contributed by atoms with Crippen LogP contribution in [0.3, 0.4) is 0 Å². The van der Waals surface area contributed by atoms with Gasteiger partial charge in [-0.1, -0.05) is 0 Å². The summed E-state index contributed by atoms with van der Waals surface area (Å²) < 4.78 is 39.3. The van der Waals surface area contributed by atoms with Crippen LogP contribution >= 0.6 is 0 Å². The molecule has 1 aliphatic heterocycles. The fourth-order valence-electron chi connectivity index (χ4n) is 4.00. The normalized spacial score (nSPS) is 21.1. The zero-order chi connectivity index (χ0) is 21.1. The van der Waals surface area contributed by atoms with Gasteiger partial charge < -0.3 is 14.4 Å². The molecule has 30 heavy (non-hydrogen) atoms. The van der Waals surface area contributed by atoms with Crippen molar-refractivity contribution in [3.8, 4) is 5.88 Å². The van der Waals surface area contributed by atoms with Crippen LogP contribution in [0.25, 0.3) is 0 Å². The number of halogens is 2. The molecule has 2 aromatic rings. The van der Waals surface area contributed by atoms with Crippen LogP contribution in [-0.4, -0.2) is 46.8 Å². The summed E-state index contributed by atoms with van der Waals surface area (Å²) in [5.74, 6) is -0.489. The Morgan fingerprint density at radius 3 is 2.73 bits per heavy atom. The van der Waals surface area contributed by atoms with Crippen LogP contribution < -0.4 is 10.1 Å². The van der Waals surface area contributed by atoms with E-state index >= 15 is 0 Å². The van der Waals surface area contributed by atoms with Crippen LogP contribution in [0.4, 0.5) is 19.5 Å². The van der Waals surface area contributed by atoms with Crippen LogP contribution in [0.5, 0.6) is 5.88 Å². The van der Waals surface area contributed by atoms with Gasteiger partial charge in [0, 0.05) is 37.9 Å². The van der Waals surface area contributed by atoms with E-state index < -0.39 is 17.7 Å². The smallest absolute Gasteiger partial charge is 0.324 e. The minimum Gasteiger partial charge on any atom is -0.474 e. The number of carbonyl (C=O) groups is 1. The average Bonchev–Trinajstić information content (AvgIpc) is 2.76. The van der Waals surface area contributed by atoms with Crippen molar-refractivity contribution in [1.29, 1.82) is 0 Å². The van der Waals surface area contributed by atoms with E-state index in [2.05, 4.69) is 15.3 Å². The maximum atomic E-state index is 14.1. The highest BCUT2D eigenvalue weighted by Gasteiger charge is 2.26. The number of rotatable bonds is 4. The zero-order valence-electron chi connectivity index (χ0n) is 16.7. The van der Waals surface area contributed by atoms with Crippen molar-refractivity contribution in [2.45, 2.75) is 50.9 Å². The van der Waals surface area contributed by atoms with Crippen molar-refractivity contribution < 1.29 is 23.0 Å². The Kier molecular flexibility index (Phi) is 6.08. The molecule has 1 aromatic heterocycles. The van der Waals surface area contributed by atoms with Gasteiger partial charge in [0.1, 0.15) is 17.7 Å². The second-order valence-electron chi connectivity index (χ2n) is 7.57. The number of amides is 2. The fourth-order valence-corrected chi connectivity index (χ4v) is 4.00. The summed E-state index contributed by atoms with van der Waals surface area (Å²) in [4.78, 5) is 22.4. The van der Waals surface area contributed by atoms with Gasteiger partial charge in [0.05, 0.1) is 12.6 Å². The van der Waals surface area contributed by atoms with Crippen molar-refractivity contribution in [1.82, 2.24) is 14.9 Å². The van der Waals surface area contributed by atoms with E-state index in [4.69, 9.17) is 9.47 Å². The van der Waals surface area contributed by atoms with Crippen LogP contribution in [0.2, 0.25) is 0 Å². The molecular weight excluding hydrogens is 394 g/mol. The lowest BCUT2D eigenvalue weighted by Gasteiger charge is -2.29. The average molecular weight is 418 g/mol. The molecule has 1 fully saturated rings. The third-order valence-corrected chi connectivity index (χ3v) is 5.63. The molecule has 1 aliphatic carbocycles.